The number of hydrogen-bond donors (Lipinski definition) is 1. The van der Waals surface area contributed by atoms with Crippen LogP contribution in [0.3, 0.4) is 0 Å². The summed E-state index contributed by atoms with van der Waals surface area (Å²) < 4.78 is 0. The highest BCUT2D eigenvalue weighted by Crippen LogP contribution is 2.20. The lowest BCUT2D eigenvalue weighted by molar-refractivity contribution is 0.312. The molecular formula is C11H16N2O. The van der Waals surface area contributed by atoms with Gasteiger partial charge in [0.1, 0.15) is 5.75 Å². The van der Waals surface area contributed by atoms with Crippen molar-refractivity contribution in [3.05, 3.63) is 24.3 Å². The molecule has 1 fully saturated rings. The second-order valence-corrected chi connectivity index (χ2v) is 3.81. The summed E-state index contributed by atoms with van der Waals surface area (Å²) >= 11 is 0. The average molecular weight is 192 g/mol. The van der Waals surface area contributed by atoms with E-state index in [4.69, 9.17) is 0 Å². The van der Waals surface area contributed by atoms with Crippen molar-refractivity contribution in [3.8, 4) is 5.75 Å². The quantitative estimate of drug-likeness (QED) is 0.723. The molecule has 0 radical (unpaired) electrons. The van der Waals surface area contributed by atoms with Crippen molar-refractivity contribution >= 4 is 5.69 Å². The molecule has 76 valence electrons. The molecule has 0 aromatic heterocycles. The van der Waals surface area contributed by atoms with Crippen LogP contribution in [-0.2, 0) is 0 Å². The van der Waals surface area contributed by atoms with Crippen LogP contribution in [0.1, 0.15) is 0 Å². The maximum Gasteiger partial charge on any atom is 0.117 e. The molecule has 1 N–H and O–H groups in total. The smallest absolute Gasteiger partial charge is 0.117 e. The SMILES string of the molecule is CN1CCN(c2cccc(O)c2)CC1. The minimum absolute atomic E-state index is 0.349. The third kappa shape index (κ3) is 1.99. The number of rotatable bonds is 1. The van der Waals surface area contributed by atoms with E-state index in [2.05, 4.69) is 16.8 Å². The molecule has 3 heteroatoms. The van der Waals surface area contributed by atoms with E-state index in [0.717, 1.165) is 31.9 Å². The molecule has 1 aliphatic rings. The summed E-state index contributed by atoms with van der Waals surface area (Å²) in [5.41, 5.74) is 1.12. The molecule has 0 amide bonds. The largest absolute Gasteiger partial charge is 0.508 e. The second-order valence-electron chi connectivity index (χ2n) is 3.81. The zero-order valence-corrected chi connectivity index (χ0v) is 8.48. The Morgan fingerprint density at radius 2 is 1.86 bits per heavy atom. The molecule has 1 heterocycles. The maximum atomic E-state index is 9.36. The van der Waals surface area contributed by atoms with E-state index in [1.54, 1.807) is 6.07 Å². The number of hydrogen-bond acceptors (Lipinski definition) is 3. The molecule has 0 unspecified atom stereocenters. The number of piperazine rings is 1. The van der Waals surface area contributed by atoms with Crippen molar-refractivity contribution in [2.24, 2.45) is 0 Å². The summed E-state index contributed by atoms with van der Waals surface area (Å²) in [6, 6.07) is 7.47. The molecule has 3 nitrogen and oxygen atoms in total. The van der Waals surface area contributed by atoms with E-state index >= 15 is 0 Å². The molecular weight excluding hydrogens is 176 g/mol. The van der Waals surface area contributed by atoms with Crippen LogP contribution >= 0.6 is 0 Å². The first-order valence-electron chi connectivity index (χ1n) is 4.98. The minimum Gasteiger partial charge on any atom is -0.508 e. The topological polar surface area (TPSA) is 26.7 Å². The Hall–Kier alpha value is -1.22. The van der Waals surface area contributed by atoms with Crippen LogP contribution < -0.4 is 4.90 Å². The highest BCUT2D eigenvalue weighted by molar-refractivity contribution is 5.50. The van der Waals surface area contributed by atoms with E-state index in [1.165, 1.54) is 0 Å². The Kier molecular flexibility index (Phi) is 2.59. The predicted octanol–water partition coefficient (Wildman–Crippen LogP) is 1.14. The lowest BCUT2D eigenvalue weighted by Crippen LogP contribution is -2.44. The van der Waals surface area contributed by atoms with Crippen molar-refractivity contribution in [1.82, 2.24) is 4.90 Å². The fourth-order valence-corrected chi connectivity index (χ4v) is 1.75. The van der Waals surface area contributed by atoms with Gasteiger partial charge in [0.2, 0.25) is 0 Å². The van der Waals surface area contributed by atoms with Gasteiger partial charge in [0.05, 0.1) is 0 Å². The summed E-state index contributed by atoms with van der Waals surface area (Å²) in [4.78, 5) is 4.62. The number of anilines is 1. The highest BCUT2D eigenvalue weighted by atomic mass is 16.3. The number of phenols is 1. The monoisotopic (exact) mass is 192 g/mol. The van der Waals surface area contributed by atoms with Gasteiger partial charge in [-0.05, 0) is 19.2 Å². The number of nitrogens with zero attached hydrogens (tertiary/aromatic N) is 2. The number of phenolic OH excluding ortho intramolecular Hbond substituents is 1. The molecule has 0 spiro atoms. The van der Waals surface area contributed by atoms with E-state index in [-0.39, 0.29) is 0 Å². The molecule has 1 aromatic rings. The predicted molar refractivity (Wildman–Crippen MR) is 57.8 cm³/mol. The van der Waals surface area contributed by atoms with Crippen LogP contribution in [0.4, 0.5) is 5.69 Å². The molecule has 1 saturated heterocycles. The molecule has 14 heavy (non-hydrogen) atoms. The van der Waals surface area contributed by atoms with Crippen molar-refractivity contribution in [3.63, 3.8) is 0 Å². The first-order chi connectivity index (χ1) is 6.75. The fourth-order valence-electron chi connectivity index (χ4n) is 1.75. The molecule has 2 rings (SSSR count). The Morgan fingerprint density at radius 1 is 1.14 bits per heavy atom. The van der Waals surface area contributed by atoms with Gasteiger partial charge in [-0.25, -0.2) is 0 Å². The summed E-state index contributed by atoms with van der Waals surface area (Å²) in [7, 11) is 2.14. The summed E-state index contributed by atoms with van der Waals surface area (Å²) in [6.07, 6.45) is 0. The lowest BCUT2D eigenvalue weighted by Gasteiger charge is -2.34. The van der Waals surface area contributed by atoms with Crippen molar-refractivity contribution < 1.29 is 5.11 Å². The summed E-state index contributed by atoms with van der Waals surface area (Å²) in [6.45, 7) is 4.27. The molecule has 1 aliphatic heterocycles. The van der Waals surface area contributed by atoms with Gasteiger partial charge in [0.25, 0.3) is 0 Å². The third-order valence-corrected chi connectivity index (χ3v) is 2.70. The molecule has 0 bridgehead atoms. The van der Waals surface area contributed by atoms with Gasteiger partial charge in [-0.2, -0.15) is 0 Å². The Morgan fingerprint density at radius 3 is 2.50 bits per heavy atom. The van der Waals surface area contributed by atoms with Gasteiger partial charge in [0.15, 0.2) is 0 Å². The van der Waals surface area contributed by atoms with Gasteiger partial charge < -0.3 is 14.9 Å². The zero-order valence-electron chi connectivity index (χ0n) is 8.48. The van der Waals surface area contributed by atoms with E-state index in [0.29, 0.717) is 5.75 Å². The Balaban J connectivity index is 2.08. The van der Waals surface area contributed by atoms with Crippen LogP contribution in [0.15, 0.2) is 24.3 Å². The Labute approximate surface area is 84.6 Å². The first kappa shape index (κ1) is 9.34. The number of benzene rings is 1. The van der Waals surface area contributed by atoms with Gasteiger partial charge in [-0.1, -0.05) is 6.07 Å². The molecule has 1 aromatic carbocycles. The van der Waals surface area contributed by atoms with E-state index < -0.39 is 0 Å². The van der Waals surface area contributed by atoms with Crippen molar-refractivity contribution in [2.75, 3.05) is 38.1 Å². The lowest BCUT2D eigenvalue weighted by atomic mass is 10.2. The van der Waals surface area contributed by atoms with Crippen LogP contribution in [0.25, 0.3) is 0 Å². The van der Waals surface area contributed by atoms with E-state index in [1.807, 2.05) is 18.2 Å². The normalized spacial score (nSPS) is 18.5. The molecule has 0 saturated carbocycles. The molecule has 0 aliphatic carbocycles. The first-order valence-corrected chi connectivity index (χ1v) is 4.98. The maximum absolute atomic E-state index is 9.36. The van der Waals surface area contributed by atoms with Gasteiger partial charge >= 0.3 is 0 Å². The average Bonchev–Trinajstić information content (AvgIpc) is 2.19. The Bertz CT molecular complexity index is 306. The zero-order chi connectivity index (χ0) is 9.97. The van der Waals surface area contributed by atoms with E-state index in [9.17, 15) is 5.11 Å². The van der Waals surface area contributed by atoms with Gasteiger partial charge in [0, 0.05) is 37.9 Å². The van der Waals surface area contributed by atoms with Crippen LogP contribution in [0, 0.1) is 0 Å². The van der Waals surface area contributed by atoms with Crippen molar-refractivity contribution in [2.45, 2.75) is 0 Å². The van der Waals surface area contributed by atoms with Gasteiger partial charge in [-0.3, -0.25) is 0 Å². The fraction of sp³-hybridized carbons (Fsp3) is 0.455. The highest BCUT2D eigenvalue weighted by Gasteiger charge is 2.13. The summed E-state index contributed by atoms with van der Waals surface area (Å²) in [5, 5.41) is 9.36. The van der Waals surface area contributed by atoms with Gasteiger partial charge in [-0.15, -0.1) is 0 Å². The number of likely N-dealkylation sites (N-methyl/N-ethyl adjacent to an activating group) is 1. The van der Waals surface area contributed by atoms with Crippen LogP contribution in [-0.4, -0.2) is 43.2 Å². The third-order valence-electron chi connectivity index (χ3n) is 2.70. The molecule has 0 atom stereocenters. The van der Waals surface area contributed by atoms with Crippen LogP contribution in [0.2, 0.25) is 0 Å². The minimum atomic E-state index is 0.349. The second kappa shape index (κ2) is 3.88. The summed E-state index contributed by atoms with van der Waals surface area (Å²) in [5.74, 6) is 0.349. The number of aromatic hydroxyl groups is 1. The van der Waals surface area contributed by atoms with Crippen molar-refractivity contribution in [1.29, 1.82) is 0 Å². The van der Waals surface area contributed by atoms with Crippen LogP contribution in [0.5, 0.6) is 5.75 Å². The standard InChI is InChI=1S/C11H16N2O/c1-12-5-7-13(8-6-12)10-3-2-4-11(14)9-10/h2-4,9,14H,5-8H2,1H3.